The second-order valence-corrected chi connectivity index (χ2v) is 15.5. The lowest BCUT2D eigenvalue weighted by molar-refractivity contribution is 0.431. The van der Waals surface area contributed by atoms with Gasteiger partial charge in [-0.15, -0.1) is 0 Å². The van der Waals surface area contributed by atoms with Crippen molar-refractivity contribution in [1.29, 1.82) is 0 Å². The largest absolute Gasteiger partial charge is 0.457 e. The Morgan fingerprint density at radius 2 is 0.964 bits per heavy atom. The van der Waals surface area contributed by atoms with Crippen molar-refractivity contribution >= 4 is 39.6 Å². The normalized spacial score (nSPS) is 13.2. The summed E-state index contributed by atoms with van der Waals surface area (Å²) in [6.45, 7) is 0. The first kappa shape index (κ1) is 32.6. The topological polar surface area (TPSA) is 12.5 Å². The second-order valence-electron chi connectivity index (χ2n) is 14.4. The molecule has 0 aliphatic carbocycles. The summed E-state index contributed by atoms with van der Waals surface area (Å²) in [6.07, 6.45) is 0. The highest BCUT2D eigenvalue weighted by atomic mass is 32.2. The van der Waals surface area contributed by atoms with Crippen LogP contribution < -0.4 is 9.64 Å². The van der Waals surface area contributed by atoms with Crippen molar-refractivity contribution in [1.82, 2.24) is 0 Å². The van der Waals surface area contributed by atoms with Crippen LogP contribution in [0.1, 0.15) is 22.3 Å². The van der Waals surface area contributed by atoms with Crippen LogP contribution >= 0.6 is 11.8 Å². The molecular weight excluding hydrogens is 699 g/mol. The number of fused-ring (bicyclic) bond motifs is 9. The van der Waals surface area contributed by atoms with E-state index in [0.29, 0.717) is 0 Å². The zero-order valence-corrected chi connectivity index (χ0v) is 31.3. The van der Waals surface area contributed by atoms with Gasteiger partial charge in [0.1, 0.15) is 11.5 Å². The van der Waals surface area contributed by atoms with E-state index >= 15 is 0 Å². The molecular formula is C53H35NOS. The van der Waals surface area contributed by atoms with Crippen molar-refractivity contribution in [3.8, 4) is 33.8 Å². The van der Waals surface area contributed by atoms with Crippen LogP contribution in [0.25, 0.3) is 33.0 Å². The fraction of sp³-hybridized carbons (Fsp3) is 0.0189. The third-order valence-electron chi connectivity index (χ3n) is 11.4. The van der Waals surface area contributed by atoms with Crippen LogP contribution in [0.2, 0.25) is 0 Å². The number of rotatable bonds is 5. The molecule has 0 unspecified atom stereocenters. The maximum absolute atomic E-state index is 7.00. The average Bonchev–Trinajstić information content (AvgIpc) is 3.27. The maximum atomic E-state index is 7.00. The molecule has 3 heteroatoms. The summed E-state index contributed by atoms with van der Waals surface area (Å²) in [4.78, 5) is 4.91. The molecule has 2 heterocycles. The van der Waals surface area contributed by atoms with Crippen LogP contribution in [-0.2, 0) is 5.41 Å². The summed E-state index contributed by atoms with van der Waals surface area (Å²) in [5.74, 6) is 1.73. The van der Waals surface area contributed by atoms with E-state index in [2.05, 4.69) is 217 Å². The lowest BCUT2D eigenvalue weighted by Crippen LogP contribution is -2.36. The Labute approximate surface area is 331 Å². The predicted octanol–water partition coefficient (Wildman–Crippen LogP) is 14.6. The molecule has 2 aliphatic rings. The van der Waals surface area contributed by atoms with Crippen LogP contribution in [0.5, 0.6) is 11.5 Å². The van der Waals surface area contributed by atoms with Crippen molar-refractivity contribution in [3.63, 3.8) is 0 Å². The molecule has 56 heavy (non-hydrogen) atoms. The van der Waals surface area contributed by atoms with E-state index in [4.69, 9.17) is 4.74 Å². The Hall–Kier alpha value is -6.81. The van der Waals surface area contributed by atoms with Gasteiger partial charge in [0, 0.05) is 43.9 Å². The molecule has 0 amide bonds. The zero-order valence-electron chi connectivity index (χ0n) is 30.5. The SMILES string of the molecule is c1ccc(-c2ccccc2N(c2ccc(-c3cccc4ccccc34)cc2)c2ccc3c(c2)Oc2ccccc2C32c3ccccc3Sc3ccccc32)cc1. The number of ether oxygens (including phenoxy) is 1. The van der Waals surface area contributed by atoms with Crippen molar-refractivity contribution in [2.75, 3.05) is 4.90 Å². The fourth-order valence-electron chi connectivity index (χ4n) is 8.97. The summed E-state index contributed by atoms with van der Waals surface area (Å²) in [5.41, 5.74) is 12.2. The van der Waals surface area contributed by atoms with Crippen LogP contribution in [0, 0.1) is 0 Å². The zero-order chi connectivity index (χ0) is 37.1. The highest BCUT2D eigenvalue weighted by Crippen LogP contribution is 2.62. The Morgan fingerprint density at radius 3 is 1.77 bits per heavy atom. The maximum Gasteiger partial charge on any atom is 0.134 e. The fourth-order valence-corrected chi connectivity index (χ4v) is 10.2. The third kappa shape index (κ3) is 5.05. The van der Waals surface area contributed by atoms with Gasteiger partial charge in [-0.1, -0.05) is 176 Å². The molecule has 0 N–H and O–H groups in total. The predicted molar refractivity (Wildman–Crippen MR) is 232 cm³/mol. The van der Waals surface area contributed by atoms with Crippen LogP contribution in [-0.4, -0.2) is 0 Å². The van der Waals surface area contributed by atoms with E-state index in [0.717, 1.165) is 50.8 Å². The molecule has 0 bridgehead atoms. The monoisotopic (exact) mass is 733 g/mol. The van der Waals surface area contributed by atoms with Gasteiger partial charge in [0.05, 0.1) is 11.1 Å². The Morgan fingerprint density at radius 1 is 0.393 bits per heavy atom. The molecule has 0 atom stereocenters. The Balaban J connectivity index is 1.13. The average molecular weight is 734 g/mol. The molecule has 0 aromatic heterocycles. The summed E-state index contributed by atoms with van der Waals surface area (Å²) in [5, 5.41) is 2.49. The lowest BCUT2D eigenvalue weighted by Gasteiger charge is -2.45. The van der Waals surface area contributed by atoms with Gasteiger partial charge in [-0.3, -0.25) is 0 Å². The number of nitrogens with zero attached hydrogens (tertiary/aromatic N) is 1. The molecule has 9 aromatic carbocycles. The minimum atomic E-state index is -0.548. The molecule has 0 saturated heterocycles. The lowest BCUT2D eigenvalue weighted by atomic mass is 9.63. The van der Waals surface area contributed by atoms with Crippen LogP contribution in [0.4, 0.5) is 17.1 Å². The van der Waals surface area contributed by atoms with Gasteiger partial charge in [0.2, 0.25) is 0 Å². The van der Waals surface area contributed by atoms with Crippen molar-refractivity contribution in [3.05, 3.63) is 235 Å². The molecule has 2 nitrogen and oxygen atoms in total. The number of hydrogen-bond acceptors (Lipinski definition) is 3. The Kier molecular flexibility index (Phi) is 7.68. The highest BCUT2D eigenvalue weighted by molar-refractivity contribution is 7.99. The molecule has 9 aromatic rings. The van der Waals surface area contributed by atoms with Crippen molar-refractivity contribution in [2.45, 2.75) is 15.2 Å². The quantitative estimate of drug-likeness (QED) is 0.175. The Bertz CT molecular complexity index is 2870. The van der Waals surface area contributed by atoms with E-state index in [9.17, 15) is 0 Å². The highest BCUT2D eigenvalue weighted by Gasteiger charge is 2.49. The standard InChI is InChI=1S/C53H35NOS/c1-2-15-37(16-3-1)43-20-6-10-25-48(43)54(39-31-29-38(30-32-39)42-21-14-18-36-17-4-5-19-41(36)42)40-33-34-45-50(35-40)55-49-26-11-7-22-44(49)53(45)46-23-8-12-27-51(46)56-52-28-13-9-24-47(52)53/h1-35H. The van der Waals surface area contributed by atoms with E-state index in [1.807, 2.05) is 11.8 Å². The van der Waals surface area contributed by atoms with Gasteiger partial charge < -0.3 is 9.64 Å². The number of benzene rings is 9. The molecule has 0 fully saturated rings. The van der Waals surface area contributed by atoms with Crippen LogP contribution in [0.3, 0.4) is 0 Å². The molecule has 0 saturated carbocycles. The van der Waals surface area contributed by atoms with E-state index in [-0.39, 0.29) is 0 Å². The number of anilines is 3. The number of para-hydroxylation sites is 2. The van der Waals surface area contributed by atoms with Crippen molar-refractivity contribution in [2.24, 2.45) is 0 Å². The molecule has 1 spiro atoms. The first-order chi connectivity index (χ1) is 27.8. The van der Waals surface area contributed by atoms with Crippen molar-refractivity contribution < 1.29 is 4.74 Å². The van der Waals surface area contributed by atoms with Gasteiger partial charge in [-0.05, 0) is 81.1 Å². The summed E-state index contributed by atoms with van der Waals surface area (Å²) < 4.78 is 7.00. The smallest absolute Gasteiger partial charge is 0.134 e. The van der Waals surface area contributed by atoms with E-state index in [1.165, 1.54) is 42.8 Å². The molecule has 11 rings (SSSR count). The first-order valence-electron chi connectivity index (χ1n) is 19.1. The van der Waals surface area contributed by atoms with Crippen LogP contribution in [0.15, 0.2) is 222 Å². The number of hydrogen-bond donors (Lipinski definition) is 0. The third-order valence-corrected chi connectivity index (χ3v) is 12.5. The molecule has 2 aliphatic heterocycles. The van der Waals surface area contributed by atoms with Gasteiger partial charge in [-0.2, -0.15) is 0 Å². The summed E-state index contributed by atoms with van der Waals surface area (Å²) in [7, 11) is 0. The molecule has 264 valence electrons. The molecule has 0 radical (unpaired) electrons. The minimum Gasteiger partial charge on any atom is -0.457 e. The van der Waals surface area contributed by atoms with Gasteiger partial charge in [-0.25, -0.2) is 0 Å². The van der Waals surface area contributed by atoms with Gasteiger partial charge in [0.25, 0.3) is 0 Å². The second kappa shape index (κ2) is 13.2. The summed E-state index contributed by atoms with van der Waals surface area (Å²) in [6, 6.07) is 76.7. The summed E-state index contributed by atoms with van der Waals surface area (Å²) >= 11 is 1.85. The minimum absolute atomic E-state index is 0.548. The van der Waals surface area contributed by atoms with E-state index < -0.39 is 5.41 Å². The first-order valence-corrected chi connectivity index (χ1v) is 19.9. The van der Waals surface area contributed by atoms with Gasteiger partial charge >= 0.3 is 0 Å². The van der Waals surface area contributed by atoms with Gasteiger partial charge in [0.15, 0.2) is 0 Å². The van der Waals surface area contributed by atoms with E-state index in [1.54, 1.807) is 0 Å².